The monoisotopic (exact) mass is 334 g/mol. The third-order valence-corrected chi connectivity index (χ3v) is 5.95. The normalized spacial score (nSPS) is 12.5. The molecule has 5 nitrogen and oxygen atoms in total. The van der Waals surface area contributed by atoms with Gasteiger partial charge < -0.3 is 10.1 Å². The Hall–Kier alpha value is -0.470. The molecule has 0 unspecified atom stereocenters. The van der Waals surface area contributed by atoms with Crippen LogP contribution >= 0.6 is 11.3 Å². The largest absolute Gasteiger partial charge is 0.377 e. The summed E-state index contributed by atoms with van der Waals surface area (Å²) in [4.78, 5) is 1.27. The van der Waals surface area contributed by atoms with Crippen LogP contribution in [0.25, 0.3) is 0 Å². The van der Waals surface area contributed by atoms with Crippen LogP contribution in [0, 0.1) is 0 Å². The van der Waals surface area contributed by atoms with Crippen molar-refractivity contribution in [3.63, 3.8) is 0 Å². The lowest BCUT2D eigenvalue weighted by molar-refractivity contribution is 0.0737. The highest BCUT2D eigenvalue weighted by Crippen LogP contribution is 2.24. The molecule has 0 aliphatic carbocycles. The average Bonchev–Trinajstić information content (AvgIpc) is 2.87. The van der Waals surface area contributed by atoms with Crippen molar-refractivity contribution >= 4 is 21.4 Å². The molecule has 1 rings (SSSR count). The van der Waals surface area contributed by atoms with E-state index < -0.39 is 10.0 Å². The van der Waals surface area contributed by atoms with Crippen LogP contribution in [0.3, 0.4) is 0 Å². The molecule has 1 aromatic heterocycles. The van der Waals surface area contributed by atoms with Crippen LogP contribution in [-0.4, -0.2) is 45.6 Å². The Morgan fingerprint density at radius 1 is 1.43 bits per heavy atom. The van der Waals surface area contributed by atoms with E-state index in [2.05, 4.69) is 12.2 Å². The highest BCUT2D eigenvalue weighted by molar-refractivity contribution is 7.89. The molecule has 0 aliphatic rings. The highest BCUT2D eigenvalue weighted by Gasteiger charge is 2.24. The van der Waals surface area contributed by atoms with E-state index in [1.165, 1.54) is 15.6 Å². The topological polar surface area (TPSA) is 58.6 Å². The van der Waals surface area contributed by atoms with Crippen LogP contribution in [0.15, 0.2) is 16.3 Å². The minimum absolute atomic E-state index is 0.107. The van der Waals surface area contributed by atoms with Crippen LogP contribution < -0.4 is 5.32 Å². The number of thiophene rings is 1. The van der Waals surface area contributed by atoms with Gasteiger partial charge in [0.2, 0.25) is 10.0 Å². The highest BCUT2D eigenvalue weighted by atomic mass is 32.2. The molecule has 1 heterocycles. The number of rotatable bonds is 10. The van der Waals surface area contributed by atoms with E-state index in [0.717, 1.165) is 17.8 Å². The summed E-state index contributed by atoms with van der Waals surface area (Å²) in [5.74, 6) is 0. The molecule has 0 amide bonds. The van der Waals surface area contributed by atoms with Crippen molar-refractivity contribution in [3.05, 3.63) is 16.3 Å². The molecule has 0 fully saturated rings. The Morgan fingerprint density at radius 2 is 2.14 bits per heavy atom. The molecule has 0 atom stereocenters. The van der Waals surface area contributed by atoms with E-state index >= 15 is 0 Å². The standard InChI is InChI=1S/C14H26N2O3S2/c1-5-7-15-11-13-14(6-10-20-13)21(17,18)16(4)8-9-19-12(2)3/h6,10,12,15H,5,7-9,11H2,1-4H3. The molecule has 122 valence electrons. The summed E-state index contributed by atoms with van der Waals surface area (Å²) in [6.07, 6.45) is 1.14. The van der Waals surface area contributed by atoms with Crippen molar-refractivity contribution in [2.45, 2.75) is 44.7 Å². The van der Waals surface area contributed by atoms with Gasteiger partial charge in [-0.2, -0.15) is 4.31 Å². The van der Waals surface area contributed by atoms with Crippen molar-refractivity contribution in [1.29, 1.82) is 0 Å². The van der Waals surface area contributed by atoms with E-state index in [1.54, 1.807) is 13.1 Å². The maximum Gasteiger partial charge on any atom is 0.244 e. The van der Waals surface area contributed by atoms with Crippen LogP contribution in [0.4, 0.5) is 0 Å². The summed E-state index contributed by atoms with van der Waals surface area (Å²) >= 11 is 1.47. The molecular weight excluding hydrogens is 308 g/mol. The maximum atomic E-state index is 12.6. The van der Waals surface area contributed by atoms with E-state index in [0.29, 0.717) is 24.6 Å². The Bertz CT molecular complexity index is 512. The quantitative estimate of drug-likeness (QED) is 0.667. The summed E-state index contributed by atoms with van der Waals surface area (Å²) in [5, 5.41) is 5.08. The van der Waals surface area contributed by atoms with Gasteiger partial charge in [0.15, 0.2) is 0 Å². The molecule has 0 aliphatic heterocycles. The van der Waals surface area contributed by atoms with Gasteiger partial charge >= 0.3 is 0 Å². The van der Waals surface area contributed by atoms with Crippen LogP contribution in [-0.2, 0) is 21.3 Å². The molecule has 0 bridgehead atoms. The van der Waals surface area contributed by atoms with Crippen LogP contribution in [0.2, 0.25) is 0 Å². The van der Waals surface area contributed by atoms with Crippen molar-refractivity contribution in [2.24, 2.45) is 0 Å². The smallest absolute Gasteiger partial charge is 0.244 e. The summed E-state index contributed by atoms with van der Waals surface area (Å²) in [7, 11) is -1.84. The van der Waals surface area contributed by atoms with Crippen molar-refractivity contribution in [1.82, 2.24) is 9.62 Å². The van der Waals surface area contributed by atoms with Crippen molar-refractivity contribution in [3.8, 4) is 0 Å². The van der Waals surface area contributed by atoms with Gasteiger partial charge in [0.25, 0.3) is 0 Å². The Kier molecular flexibility index (Phi) is 7.83. The number of likely N-dealkylation sites (N-methyl/N-ethyl adjacent to an activating group) is 1. The van der Waals surface area contributed by atoms with Gasteiger partial charge in [-0.3, -0.25) is 0 Å². The number of hydrogen-bond donors (Lipinski definition) is 1. The van der Waals surface area contributed by atoms with Gasteiger partial charge in [0, 0.05) is 25.0 Å². The van der Waals surface area contributed by atoms with E-state index in [4.69, 9.17) is 4.74 Å². The maximum absolute atomic E-state index is 12.6. The fourth-order valence-corrected chi connectivity index (χ4v) is 4.31. The summed E-state index contributed by atoms with van der Waals surface area (Å²) in [5.41, 5.74) is 0. The third kappa shape index (κ3) is 5.67. The SMILES string of the molecule is CCCNCc1sccc1S(=O)(=O)N(C)CCOC(C)C. The summed E-state index contributed by atoms with van der Waals surface area (Å²) in [6, 6.07) is 1.68. The first kappa shape index (κ1) is 18.6. The molecule has 1 N–H and O–H groups in total. The van der Waals surface area contributed by atoms with Crippen LogP contribution in [0.5, 0.6) is 0 Å². The molecule has 0 spiro atoms. The van der Waals surface area contributed by atoms with Gasteiger partial charge in [-0.05, 0) is 38.3 Å². The van der Waals surface area contributed by atoms with Gasteiger partial charge in [-0.1, -0.05) is 6.92 Å². The molecule has 0 radical (unpaired) electrons. The fourth-order valence-electron chi connectivity index (χ4n) is 1.77. The van der Waals surface area contributed by atoms with Gasteiger partial charge in [-0.25, -0.2) is 8.42 Å². The molecule has 0 aromatic carbocycles. The first-order chi connectivity index (χ1) is 9.89. The average molecular weight is 335 g/mol. The third-order valence-electron chi connectivity index (χ3n) is 2.96. The Balaban J connectivity index is 2.71. The second-order valence-electron chi connectivity index (χ2n) is 5.13. The number of hydrogen-bond acceptors (Lipinski definition) is 5. The molecule has 1 aromatic rings. The fraction of sp³-hybridized carbons (Fsp3) is 0.714. The van der Waals surface area contributed by atoms with E-state index in [1.807, 2.05) is 19.2 Å². The summed E-state index contributed by atoms with van der Waals surface area (Å²) in [6.45, 7) is 8.20. The zero-order valence-electron chi connectivity index (χ0n) is 13.3. The predicted molar refractivity (Wildman–Crippen MR) is 87.2 cm³/mol. The molecule has 0 saturated carbocycles. The lowest BCUT2D eigenvalue weighted by Crippen LogP contribution is -2.31. The van der Waals surface area contributed by atoms with Crippen molar-refractivity contribution in [2.75, 3.05) is 26.7 Å². The van der Waals surface area contributed by atoms with Crippen molar-refractivity contribution < 1.29 is 13.2 Å². The van der Waals surface area contributed by atoms with Gasteiger partial charge in [-0.15, -0.1) is 11.3 Å². The molecular formula is C14H26N2O3S2. The molecule has 0 saturated heterocycles. The number of ether oxygens (including phenoxy) is 1. The second-order valence-corrected chi connectivity index (χ2v) is 8.14. The molecule has 21 heavy (non-hydrogen) atoms. The van der Waals surface area contributed by atoms with E-state index in [9.17, 15) is 8.42 Å². The van der Waals surface area contributed by atoms with Gasteiger partial charge in [0.1, 0.15) is 0 Å². The predicted octanol–water partition coefficient (Wildman–Crippen LogP) is 2.29. The lowest BCUT2D eigenvalue weighted by Gasteiger charge is -2.18. The zero-order valence-corrected chi connectivity index (χ0v) is 14.9. The first-order valence-electron chi connectivity index (χ1n) is 7.24. The number of sulfonamides is 1. The first-order valence-corrected chi connectivity index (χ1v) is 9.56. The second kappa shape index (κ2) is 8.85. The van der Waals surface area contributed by atoms with E-state index in [-0.39, 0.29) is 6.10 Å². The lowest BCUT2D eigenvalue weighted by atomic mass is 10.4. The summed E-state index contributed by atoms with van der Waals surface area (Å²) < 4.78 is 31.9. The number of nitrogens with zero attached hydrogens (tertiary/aromatic N) is 1. The number of nitrogens with one attached hydrogen (secondary N) is 1. The Morgan fingerprint density at radius 3 is 2.76 bits per heavy atom. The molecule has 7 heteroatoms. The minimum Gasteiger partial charge on any atom is -0.377 e. The van der Waals surface area contributed by atoms with Crippen LogP contribution in [0.1, 0.15) is 32.1 Å². The van der Waals surface area contributed by atoms with Gasteiger partial charge in [0.05, 0.1) is 17.6 Å². The zero-order chi connectivity index (χ0) is 15.9. The Labute approximate surface area is 132 Å². The minimum atomic E-state index is -3.44.